The van der Waals surface area contributed by atoms with Gasteiger partial charge in [0.25, 0.3) is 10.0 Å². The third-order valence-electron chi connectivity index (χ3n) is 2.53. The number of hydrogen-bond acceptors (Lipinski definition) is 3. The van der Waals surface area contributed by atoms with E-state index in [1.165, 1.54) is 42.5 Å². The van der Waals surface area contributed by atoms with Crippen molar-refractivity contribution in [3.8, 4) is 0 Å². The molecule has 0 heterocycles. The van der Waals surface area contributed by atoms with E-state index in [4.69, 9.17) is 28.3 Å². The molecule has 0 fully saturated rings. The van der Waals surface area contributed by atoms with E-state index in [1.54, 1.807) is 0 Å². The molecule has 8 heteroatoms. The molecule has 2 N–H and O–H groups in total. The van der Waals surface area contributed by atoms with Crippen LogP contribution in [-0.2, 0) is 10.0 Å². The Morgan fingerprint density at radius 1 is 1.00 bits per heavy atom. The lowest BCUT2D eigenvalue weighted by molar-refractivity contribution is 0.0697. The normalized spacial score (nSPS) is 11.1. The second kappa shape index (κ2) is 5.93. The van der Waals surface area contributed by atoms with Crippen LogP contribution in [-0.4, -0.2) is 19.5 Å². The first-order valence-electron chi connectivity index (χ1n) is 5.60. The van der Waals surface area contributed by atoms with E-state index in [-0.39, 0.29) is 26.2 Å². The van der Waals surface area contributed by atoms with Gasteiger partial charge in [0.15, 0.2) is 0 Å². The van der Waals surface area contributed by atoms with E-state index in [9.17, 15) is 13.2 Å². The molecular weight excluding hydrogens is 337 g/mol. The summed E-state index contributed by atoms with van der Waals surface area (Å²) in [6, 6.07) is 9.25. The molecule has 2 aromatic rings. The number of sulfonamides is 1. The third-order valence-corrected chi connectivity index (χ3v) is 4.33. The van der Waals surface area contributed by atoms with E-state index in [0.29, 0.717) is 0 Å². The number of hydrogen-bond donors (Lipinski definition) is 2. The zero-order valence-corrected chi connectivity index (χ0v) is 12.7. The molecule has 0 spiro atoms. The number of carbonyl (C=O) groups is 1. The standard InChI is InChI=1S/C13H9Cl2NO4S/c14-9-5-10(15)7-12(6-9)21(19,20)16-11-3-1-8(2-4-11)13(17)18/h1-7,16H,(H,17,18). The Bertz CT molecular complexity index is 768. The number of anilines is 1. The smallest absolute Gasteiger partial charge is 0.335 e. The van der Waals surface area contributed by atoms with Crippen molar-refractivity contribution < 1.29 is 18.3 Å². The van der Waals surface area contributed by atoms with Gasteiger partial charge < -0.3 is 5.11 Å². The van der Waals surface area contributed by atoms with Crippen molar-refractivity contribution in [3.63, 3.8) is 0 Å². The Labute approximate surface area is 131 Å². The molecule has 110 valence electrons. The minimum atomic E-state index is -3.86. The van der Waals surface area contributed by atoms with Gasteiger partial charge in [-0.3, -0.25) is 4.72 Å². The SMILES string of the molecule is O=C(O)c1ccc(NS(=O)(=O)c2cc(Cl)cc(Cl)c2)cc1. The molecular formula is C13H9Cl2NO4S. The van der Waals surface area contributed by atoms with Gasteiger partial charge in [-0.15, -0.1) is 0 Å². The molecule has 5 nitrogen and oxygen atoms in total. The summed E-state index contributed by atoms with van der Waals surface area (Å²) in [5.41, 5.74) is 0.292. The van der Waals surface area contributed by atoms with E-state index in [1.807, 2.05) is 0 Å². The molecule has 0 radical (unpaired) electrons. The highest BCUT2D eigenvalue weighted by molar-refractivity contribution is 7.92. The average Bonchev–Trinajstić information content (AvgIpc) is 2.37. The van der Waals surface area contributed by atoms with Crippen LogP contribution in [0.25, 0.3) is 0 Å². The Morgan fingerprint density at radius 2 is 1.52 bits per heavy atom. The number of benzene rings is 2. The molecule has 2 rings (SSSR count). The van der Waals surface area contributed by atoms with Gasteiger partial charge in [-0.2, -0.15) is 0 Å². The van der Waals surface area contributed by atoms with Crippen molar-refractivity contribution >= 4 is 44.9 Å². The molecule has 0 amide bonds. The van der Waals surface area contributed by atoms with Crippen LogP contribution in [0.3, 0.4) is 0 Å². The van der Waals surface area contributed by atoms with E-state index in [0.717, 1.165) is 0 Å². The summed E-state index contributed by atoms with van der Waals surface area (Å²) in [4.78, 5) is 10.6. The number of nitrogens with one attached hydrogen (secondary N) is 1. The van der Waals surface area contributed by atoms with Crippen molar-refractivity contribution in [1.29, 1.82) is 0 Å². The van der Waals surface area contributed by atoms with Crippen LogP contribution in [0.5, 0.6) is 0 Å². The molecule has 2 aromatic carbocycles. The maximum Gasteiger partial charge on any atom is 0.335 e. The first-order chi connectivity index (χ1) is 9.78. The van der Waals surface area contributed by atoms with Crippen LogP contribution in [0.4, 0.5) is 5.69 Å². The molecule has 0 saturated heterocycles. The zero-order valence-electron chi connectivity index (χ0n) is 10.4. The predicted octanol–water partition coefficient (Wildman–Crippen LogP) is 3.49. The van der Waals surface area contributed by atoms with Crippen molar-refractivity contribution in [1.82, 2.24) is 0 Å². The minimum Gasteiger partial charge on any atom is -0.478 e. The summed E-state index contributed by atoms with van der Waals surface area (Å²) >= 11 is 11.5. The highest BCUT2D eigenvalue weighted by atomic mass is 35.5. The Balaban J connectivity index is 2.30. The lowest BCUT2D eigenvalue weighted by Crippen LogP contribution is -2.13. The molecule has 0 aliphatic carbocycles. The highest BCUT2D eigenvalue weighted by Crippen LogP contribution is 2.24. The summed E-state index contributed by atoms with van der Waals surface area (Å²) in [6.07, 6.45) is 0. The van der Waals surface area contributed by atoms with Gasteiger partial charge in [0.2, 0.25) is 0 Å². The van der Waals surface area contributed by atoms with E-state index >= 15 is 0 Å². The fourth-order valence-electron chi connectivity index (χ4n) is 1.58. The maximum absolute atomic E-state index is 12.2. The van der Waals surface area contributed by atoms with Gasteiger partial charge in [-0.25, -0.2) is 13.2 Å². The van der Waals surface area contributed by atoms with Crippen molar-refractivity contribution in [3.05, 3.63) is 58.1 Å². The first kappa shape index (κ1) is 15.6. The number of aromatic carboxylic acids is 1. The van der Waals surface area contributed by atoms with Crippen LogP contribution < -0.4 is 4.72 Å². The Kier molecular flexibility index (Phi) is 4.41. The van der Waals surface area contributed by atoms with Gasteiger partial charge in [0, 0.05) is 15.7 Å². The zero-order chi connectivity index (χ0) is 15.6. The highest BCUT2D eigenvalue weighted by Gasteiger charge is 2.16. The van der Waals surface area contributed by atoms with Crippen LogP contribution in [0, 0.1) is 0 Å². The van der Waals surface area contributed by atoms with Crippen LogP contribution in [0.2, 0.25) is 10.0 Å². The number of carboxylic acid groups (broad SMARTS) is 1. The van der Waals surface area contributed by atoms with Crippen molar-refractivity contribution in [2.24, 2.45) is 0 Å². The monoisotopic (exact) mass is 345 g/mol. The molecule has 0 bridgehead atoms. The van der Waals surface area contributed by atoms with Gasteiger partial charge in [-0.1, -0.05) is 23.2 Å². The Hall–Kier alpha value is -1.76. The molecule has 21 heavy (non-hydrogen) atoms. The van der Waals surface area contributed by atoms with Crippen LogP contribution in [0.1, 0.15) is 10.4 Å². The van der Waals surface area contributed by atoms with Gasteiger partial charge >= 0.3 is 5.97 Å². The number of carboxylic acids is 1. The van der Waals surface area contributed by atoms with Crippen LogP contribution in [0.15, 0.2) is 47.4 Å². The molecule has 0 aromatic heterocycles. The number of rotatable bonds is 4. The molecule has 0 atom stereocenters. The first-order valence-corrected chi connectivity index (χ1v) is 7.84. The second-order valence-corrected chi connectivity index (χ2v) is 6.65. The minimum absolute atomic E-state index is 0.0590. The lowest BCUT2D eigenvalue weighted by atomic mass is 10.2. The second-order valence-electron chi connectivity index (χ2n) is 4.09. The largest absolute Gasteiger partial charge is 0.478 e. The lowest BCUT2D eigenvalue weighted by Gasteiger charge is -2.09. The summed E-state index contributed by atoms with van der Waals surface area (Å²) in [6.45, 7) is 0. The fraction of sp³-hybridized carbons (Fsp3) is 0. The summed E-state index contributed by atoms with van der Waals surface area (Å²) in [5, 5.41) is 9.18. The molecule has 0 aliphatic heterocycles. The van der Waals surface area contributed by atoms with Crippen LogP contribution >= 0.6 is 23.2 Å². The Morgan fingerprint density at radius 3 is 2.00 bits per heavy atom. The van der Waals surface area contributed by atoms with Gasteiger partial charge in [0.1, 0.15) is 0 Å². The average molecular weight is 346 g/mol. The maximum atomic E-state index is 12.2. The molecule has 0 aliphatic rings. The van der Waals surface area contributed by atoms with Crippen molar-refractivity contribution in [2.75, 3.05) is 4.72 Å². The quantitative estimate of drug-likeness (QED) is 0.888. The van der Waals surface area contributed by atoms with E-state index < -0.39 is 16.0 Å². The third kappa shape index (κ3) is 3.87. The van der Waals surface area contributed by atoms with E-state index in [2.05, 4.69) is 4.72 Å². The predicted molar refractivity (Wildman–Crippen MR) is 80.7 cm³/mol. The summed E-state index contributed by atoms with van der Waals surface area (Å²) in [5.74, 6) is -1.09. The van der Waals surface area contributed by atoms with Gasteiger partial charge in [0.05, 0.1) is 10.5 Å². The molecule has 0 unspecified atom stereocenters. The van der Waals surface area contributed by atoms with Gasteiger partial charge in [-0.05, 0) is 42.5 Å². The topological polar surface area (TPSA) is 83.5 Å². The summed E-state index contributed by atoms with van der Waals surface area (Å²) in [7, 11) is -3.86. The fourth-order valence-corrected chi connectivity index (χ4v) is 3.36. The summed E-state index contributed by atoms with van der Waals surface area (Å²) < 4.78 is 26.7. The molecule has 0 saturated carbocycles. The number of halogens is 2. The van der Waals surface area contributed by atoms with Crippen molar-refractivity contribution in [2.45, 2.75) is 4.90 Å².